The van der Waals surface area contributed by atoms with E-state index < -0.39 is 0 Å². The lowest BCUT2D eigenvalue weighted by Gasteiger charge is -2.14. The Labute approximate surface area is 77.6 Å². The van der Waals surface area contributed by atoms with Crippen molar-refractivity contribution in [3.05, 3.63) is 17.5 Å². The highest BCUT2D eigenvalue weighted by Crippen LogP contribution is 2.13. The molecule has 0 spiro atoms. The van der Waals surface area contributed by atoms with Crippen molar-refractivity contribution in [3.8, 4) is 0 Å². The molecule has 0 saturated carbocycles. The van der Waals surface area contributed by atoms with Gasteiger partial charge in [-0.25, -0.2) is 0 Å². The van der Waals surface area contributed by atoms with Crippen LogP contribution in [0.15, 0.2) is 11.8 Å². The molecule has 0 bridgehead atoms. The first-order valence-electron chi connectivity index (χ1n) is 4.61. The van der Waals surface area contributed by atoms with Crippen molar-refractivity contribution in [3.63, 3.8) is 0 Å². The van der Waals surface area contributed by atoms with Crippen molar-refractivity contribution in [2.45, 2.75) is 12.8 Å². The molecule has 0 radical (unpaired) electrons. The zero-order valence-electron chi connectivity index (χ0n) is 7.82. The minimum atomic E-state index is 0.972. The van der Waals surface area contributed by atoms with Gasteiger partial charge in [0.1, 0.15) is 5.69 Å². The highest BCUT2D eigenvalue weighted by molar-refractivity contribution is 5.47. The minimum Gasteiger partial charge on any atom is -0.316 e. The molecule has 1 saturated heterocycles. The van der Waals surface area contributed by atoms with Gasteiger partial charge in [0.05, 0.1) is 6.20 Å². The molecule has 0 aliphatic carbocycles. The Hall–Kier alpha value is -1.16. The predicted octanol–water partition coefficient (Wildman–Crippen LogP) is 0.582. The maximum absolute atomic E-state index is 4.03. The largest absolute Gasteiger partial charge is 0.316 e. The van der Waals surface area contributed by atoms with E-state index in [4.69, 9.17) is 0 Å². The van der Waals surface area contributed by atoms with Gasteiger partial charge >= 0.3 is 0 Å². The van der Waals surface area contributed by atoms with Gasteiger partial charge in [-0.1, -0.05) is 10.8 Å². The molecule has 1 aromatic rings. The molecule has 4 heteroatoms. The third-order valence-corrected chi connectivity index (χ3v) is 2.22. The molecule has 0 aromatic carbocycles. The van der Waals surface area contributed by atoms with E-state index in [0.717, 1.165) is 31.6 Å². The number of nitrogens with one attached hydrogen (secondary N) is 1. The average Bonchev–Trinajstić information content (AvgIpc) is 2.53. The fraction of sp³-hybridized carbons (Fsp3) is 0.556. The predicted molar refractivity (Wildman–Crippen MR) is 51.1 cm³/mol. The molecule has 0 atom stereocenters. The molecule has 1 aliphatic heterocycles. The number of hydrogen-bond donors (Lipinski definition) is 1. The van der Waals surface area contributed by atoms with Gasteiger partial charge in [0.25, 0.3) is 0 Å². The summed E-state index contributed by atoms with van der Waals surface area (Å²) in [5.74, 6) is 0. The van der Waals surface area contributed by atoms with Gasteiger partial charge in [0, 0.05) is 7.05 Å². The zero-order valence-corrected chi connectivity index (χ0v) is 7.82. The second-order valence-electron chi connectivity index (χ2n) is 3.37. The normalized spacial score (nSPS) is 17.5. The Morgan fingerprint density at radius 2 is 2.23 bits per heavy atom. The highest BCUT2D eigenvalue weighted by Gasteiger charge is 2.04. The van der Waals surface area contributed by atoms with Crippen LogP contribution in [0.5, 0.6) is 0 Å². The van der Waals surface area contributed by atoms with Crippen LogP contribution in [0.1, 0.15) is 18.5 Å². The summed E-state index contributed by atoms with van der Waals surface area (Å²) >= 11 is 0. The first kappa shape index (κ1) is 8.44. The van der Waals surface area contributed by atoms with Crippen molar-refractivity contribution >= 4 is 6.08 Å². The van der Waals surface area contributed by atoms with E-state index in [0.29, 0.717) is 0 Å². The summed E-state index contributed by atoms with van der Waals surface area (Å²) < 4.78 is 1.73. The summed E-state index contributed by atoms with van der Waals surface area (Å²) in [7, 11) is 1.89. The highest BCUT2D eigenvalue weighted by atomic mass is 15.4. The lowest BCUT2D eigenvalue weighted by molar-refractivity contribution is 0.613. The molecule has 70 valence electrons. The molecule has 2 heterocycles. The van der Waals surface area contributed by atoms with E-state index in [1.807, 2.05) is 13.2 Å². The van der Waals surface area contributed by atoms with Gasteiger partial charge in [0.2, 0.25) is 0 Å². The second kappa shape index (κ2) is 3.70. The number of aromatic nitrogens is 3. The fourth-order valence-corrected chi connectivity index (χ4v) is 1.53. The molecule has 1 N–H and O–H groups in total. The third kappa shape index (κ3) is 2.15. The number of aryl methyl sites for hydroxylation is 1. The summed E-state index contributed by atoms with van der Waals surface area (Å²) in [5.41, 5.74) is 2.44. The van der Waals surface area contributed by atoms with Crippen molar-refractivity contribution in [1.29, 1.82) is 0 Å². The van der Waals surface area contributed by atoms with E-state index in [2.05, 4.69) is 21.7 Å². The number of nitrogens with zero attached hydrogens (tertiary/aromatic N) is 3. The molecule has 13 heavy (non-hydrogen) atoms. The van der Waals surface area contributed by atoms with Crippen LogP contribution in [0, 0.1) is 0 Å². The van der Waals surface area contributed by atoms with Crippen LogP contribution in [-0.4, -0.2) is 28.1 Å². The zero-order chi connectivity index (χ0) is 9.10. The van der Waals surface area contributed by atoms with Crippen LogP contribution in [-0.2, 0) is 7.05 Å². The van der Waals surface area contributed by atoms with Crippen LogP contribution < -0.4 is 5.32 Å². The van der Waals surface area contributed by atoms with E-state index in [1.54, 1.807) is 4.68 Å². The average molecular weight is 178 g/mol. The smallest absolute Gasteiger partial charge is 0.105 e. The van der Waals surface area contributed by atoms with E-state index in [-0.39, 0.29) is 0 Å². The van der Waals surface area contributed by atoms with Crippen molar-refractivity contribution in [2.75, 3.05) is 13.1 Å². The Morgan fingerprint density at radius 3 is 2.85 bits per heavy atom. The molecule has 1 aliphatic rings. The van der Waals surface area contributed by atoms with Gasteiger partial charge in [-0.05, 0) is 32.0 Å². The Bertz CT molecular complexity index is 305. The van der Waals surface area contributed by atoms with Gasteiger partial charge in [-0.2, -0.15) is 0 Å². The maximum Gasteiger partial charge on any atom is 0.105 e. The molecular weight excluding hydrogens is 164 g/mol. The van der Waals surface area contributed by atoms with E-state index in [1.165, 1.54) is 5.57 Å². The lowest BCUT2D eigenvalue weighted by atomic mass is 10.0. The molecule has 1 fully saturated rings. The second-order valence-corrected chi connectivity index (χ2v) is 3.37. The van der Waals surface area contributed by atoms with Crippen molar-refractivity contribution in [2.24, 2.45) is 7.05 Å². The maximum atomic E-state index is 4.03. The van der Waals surface area contributed by atoms with Crippen molar-refractivity contribution in [1.82, 2.24) is 20.3 Å². The van der Waals surface area contributed by atoms with E-state index in [9.17, 15) is 0 Å². The fourth-order valence-electron chi connectivity index (χ4n) is 1.53. The Kier molecular flexibility index (Phi) is 2.40. The quantitative estimate of drug-likeness (QED) is 0.684. The SMILES string of the molecule is Cn1cc(C=C2CCNCC2)nn1. The van der Waals surface area contributed by atoms with Gasteiger partial charge in [-0.3, -0.25) is 4.68 Å². The van der Waals surface area contributed by atoms with Crippen molar-refractivity contribution < 1.29 is 0 Å². The Balaban J connectivity index is 2.09. The summed E-state index contributed by atoms with van der Waals surface area (Å²) in [6, 6.07) is 0. The first-order chi connectivity index (χ1) is 6.34. The molecule has 4 nitrogen and oxygen atoms in total. The Morgan fingerprint density at radius 1 is 1.46 bits per heavy atom. The summed E-state index contributed by atoms with van der Waals surface area (Å²) in [6.07, 6.45) is 6.36. The minimum absolute atomic E-state index is 0.972. The number of rotatable bonds is 1. The molecule has 0 unspecified atom stereocenters. The first-order valence-corrected chi connectivity index (χ1v) is 4.61. The van der Waals surface area contributed by atoms with Crippen LogP contribution in [0.3, 0.4) is 0 Å². The third-order valence-electron chi connectivity index (χ3n) is 2.22. The number of hydrogen-bond acceptors (Lipinski definition) is 3. The van der Waals surface area contributed by atoms with Crippen LogP contribution in [0.4, 0.5) is 0 Å². The molecule has 0 amide bonds. The monoisotopic (exact) mass is 178 g/mol. The standard InChI is InChI=1S/C9H14N4/c1-13-7-9(11-12-13)6-8-2-4-10-5-3-8/h6-7,10H,2-5H2,1H3. The summed E-state index contributed by atoms with van der Waals surface area (Å²) in [6.45, 7) is 2.18. The topological polar surface area (TPSA) is 42.7 Å². The van der Waals surface area contributed by atoms with Gasteiger partial charge < -0.3 is 5.32 Å². The van der Waals surface area contributed by atoms with E-state index >= 15 is 0 Å². The molecular formula is C9H14N4. The van der Waals surface area contributed by atoms with Gasteiger partial charge in [-0.15, -0.1) is 5.10 Å². The lowest BCUT2D eigenvalue weighted by Crippen LogP contribution is -2.22. The van der Waals surface area contributed by atoms with Crippen LogP contribution in [0.25, 0.3) is 6.08 Å². The summed E-state index contributed by atoms with van der Waals surface area (Å²) in [4.78, 5) is 0. The number of piperidine rings is 1. The molecule has 1 aromatic heterocycles. The van der Waals surface area contributed by atoms with Crippen LogP contribution in [0.2, 0.25) is 0 Å². The summed E-state index contributed by atoms with van der Waals surface area (Å²) in [5, 5.41) is 11.2. The van der Waals surface area contributed by atoms with Crippen LogP contribution >= 0.6 is 0 Å². The van der Waals surface area contributed by atoms with Gasteiger partial charge in [0.15, 0.2) is 0 Å². The molecule has 2 rings (SSSR count).